The second-order valence-electron chi connectivity index (χ2n) is 2.51. The predicted octanol–water partition coefficient (Wildman–Crippen LogP) is 1.40. The first-order valence-corrected chi connectivity index (χ1v) is 5.10. The fraction of sp³-hybridized carbons (Fsp3) is 0.750. The van der Waals surface area contributed by atoms with Gasteiger partial charge in [-0.1, -0.05) is 20.8 Å². The van der Waals surface area contributed by atoms with E-state index in [9.17, 15) is 4.79 Å². The minimum Gasteiger partial charge on any atom is -0.438 e. The van der Waals surface area contributed by atoms with Crippen LogP contribution in [0.1, 0.15) is 20.8 Å². The summed E-state index contributed by atoms with van der Waals surface area (Å²) in [6.07, 6.45) is 0. The lowest BCUT2D eigenvalue weighted by Crippen LogP contribution is -2.13. The van der Waals surface area contributed by atoms with E-state index in [1.165, 1.54) is 0 Å². The average Bonchev–Trinajstić information content (AvgIpc) is 2.03. The van der Waals surface area contributed by atoms with Crippen LogP contribution in [0.15, 0.2) is 0 Å². The maximum atomic E-state index is 10.9. The van der Waals surface area contributed by atoms with Gasteiger partial charge < -0.3 is 9.47 Å². The molecule has 0 saturated heterocycles. The topological polar surface area (TPSA) is 35.5 Å². The van der Waals surface area contributed by atoms with Crippen molar-refractivity contribution < 1.29 is 14.3 Å². The zero-order valence-corrected chi connectivity index (χ0v) is 8.64. The second-order valence-corrected chi connectivity index (χ2v) is 3.72. The van der Waals surface area contributed by atoms with Crippen molar-refractivity contribution in [1.82, 2.24) is 0 Å². The van der Waals surface area contributed by atoms with Crippen molar-refractivity contribution in [3.8, 4) is 0 Å². The molecule has 0 radical (unpaired) electrons. The quantitative estimate of drug-likeness (QED) is 0.235. The van der Waals surface area contributed by atoms with Crippen LogP contribution in [0.4, 0.5) is 0 Å². The molecule has 0 bridgehead atoms. The highest BCUT2D eigenvalue weighted by atomic mass is 32.1. The van der Waals surface area contributed by atoms with Gasteiger partial charge in [-0.2, -0.15) is 11.4 Å². The molecule has 0 aliphatic carbocycles. The first-order chi connectivity index (χ1) is 5.68. The van der Waals surface area contributed by atoms with Crippen LogP contribution in [0, 0.1) is 5.92 Å². The van der Waals surface area contributed by atoms with E-state index in [-0.39, 0.29) is 18.7 Å². The Hall–Kier alpha value is -0.350. The van der Waals surface area contributed by atoms with Gasteiger partial charge in [-0.05, 0) is 5.75 Å². The first kappa shape index (κ1) is 11.6. The number of thiol groups is 1. The molecular formula is C8H16O3S. The molecule has 4 heteroatoms. The number of hydrogen-bond donors (Lipinski definition) is 1. The van der Waals surface area contributed by atoms with Gasteiger partial charge in [0.05, 0.1) is 11.5 Å². The summed E-state index contributed by atoms with van der Waals surface area (Å²) < 4.78 is 9.67. The molecule has 0 atom stereocenters. The maximum Gasteiger partial charge on any atom is 0.310 e. The van der Waals surface area contributed by atoms with Gasteiger partial charge in [-0.25, -0.2) is 0 Å². The standard InChI is InChI=1S/C8H16O3S/c1-4-12-6-10-5-11-8(9)7(2)3/h6-7,12H,4-5H2,1-3H3. The molecule has 0 spiro atoms. The Morgan fingerprint density at radius 3 is 2.75 bits per heavy atom. The van der Waals surface area contributed by atoms with Gasteiger partial charge in [0.15, 0.2) is 6.79 Å². The van der Waals surface area contributed by atoms with Crippen LogP contribution in [0.5, 0.6) is 0 Å². The molecule has 0 aromatic carbocycles. The predicted molar refractivity (Wildman–Crippen MR) is 52.5 cm³/mol. The zero-order valence-electron chi connectivity index (χ0n) is 7.74. The molecule has 0 rings (SSSR count). The summed E-state index contributed by atoms with van der Waals surface area (Å²) in [6, 6.07) is 0. The normalized spacial score (nSPS) is 11.7. The summed E-state index contributed by atoms with van der Waals surface area (Å²) in [5.41, 5.74) is 1.63. The smallest absolute Gasteiger partial charge is 0.310 e. The van der Waals surface area contributed by atoms with Gasteiger partial charge in [-0.3, -0.25) is 4.79 Å². The second kappa shape index (κ2) is 7.31. The molecule has 0 saturated carbocycles. The van der Waals surface area contributed by atoms with E-state index < -0.39 is 0 Å². The molecule has 0 aromatic heterocycles. The summed E-state index contributed by atoms with van der Waals surface area (Å²) in [4.78, 5) is 10.9. The van der Waals surface area contributed by atoms with Gasteiger partial charge in [0.1, 0.15) is 0 Å². The lowest BCUT2D eigenvalue weighted by Gasteiger charge is -2.04. The maximum absolute atomic E-state index is 10.9. The summed E-state index contributed by atoms with van der Waals surface area (Å²) >= 11 is 1.10. The van der Waals surface area contributed by atoms with Crippen LogP contribution in [0.2, 0.25) is 0 Å². The van der Waals surface area contributed by atoms with E-state index >= 15 is 0 Å². The molecule has 0 N–H and O–H groups in total. The summed E-state index contributed by atoms with van der Waals surface area (Å²) in [5, 5.41) is 0. The molecule has 0 heterocycles. The third kappa shape index (κ3) is 6.37. The molecule has 0 aliphatic heterocycles. The van der Waals surface area contributed by atoms with Crippen molar-refractivity contribution in [2.24, 2.45) is 5.92 Å². The van der Waals surface area contributed by atoms with Gasteiger partial charge in [-0.15, -0.1) is 0 Å². The van der Waals surface area contributed by atoms with Crippen molar-refractivity contribution >= 4 is 22.9 Å². The Labute approximate surface area is 77.0 Å². The molecule has 72 valence electrons. The zero-order chi connectivity index (χ0) is 9.40. The third-order valence-electron chi connectivity index (χ3n) is 1.07. The number of hydrogen-bond acceptors (Lipinski definition) is 3. The van der Waals surface area contributed by atoms with Crippen molar-refractivity contribution in [2.75, 3.05) is 12.5 Å². The molecule has 3 nitrogen and oxygen atoms in total. The van der Waals surface area contributed by atoms with Crippen LogP contribution in [0.25, 0.3) is 0 Å². The Morgan fingerprint density at radius 1 is 1.58 bits per heavy atom. The van der Waals surface area contributed by atoms with E-state index in [1.807, 2.05) is 6.92 Å². The average molecular weight is 192 g/mol. The molecule has 0 amide bonds. The highest BCUT2D eigenvalue weighted by Crippen LogP contribution is 1.95. The van der Waals surface area contributed by atoms with Crippen molar-refractivity contribution in [3.05, 3.63) is 0 Å². The lowest BCUT2D eigenvalue weighted by atomic mass is 10.2. The van der Waals surface area contributed by atoms with Crippen LogP contribution >= 0.6 is 11.4 Å². The monoisotopic (exact) mass is 192 g/mol. The van der Waals surface area contributed by atoms with Gasteiger partial charge in [0.25, 0.3) is 0 Å². The fourth-order valence-electron chi connectivity index (χ4n) is 0.416. The number of carbonyl (C=O) groups excluding carboxylic acids is 1. The molecule has 0 unspecified atom stereocenters. The Morgan fingerprint density at radius 2 is 2.25 bits per heavy atom. The number of carbonyl (C=O) groups is 1. The minimum absolute atomic E-state index is 0.0318. The van der Waals surface area contributed by atoms with E-state index in [0.29, 0.717) is 0 Å². The summed E-state index contributed by atoms with van der Waals surface area (Å²) in [7, 11) is 0. The molecule has 0 aliphatic rings. The van der Waals surface area contributed by atoms with Crippen LogP contribution < -0.4 is 0 Å². The van der Waals surface area contributed by atoms with Crippen LogP contribution in [0.3, 0.4) is 0 Å². The summed E-state index contributed by atoms with van der Waals surface area (Å²) in [5.74, 6) is 0.701. The van der Waals surface area contributed by atoms with E-state index in [0.717, 1.165) is 17.1 Å². The summed E-state index contributed by atoms with van der Waals surface area (Å²) in [6.45, 7) is 5.65. The van der Waals surface area contributed by atoms with Gasteiger partial charge >= 0.3 is 5.97 Å². The molecule has 0 aromatic rings. The fourth-order valence-corrected chi connectivity index (χ4v) is 0.732. The van der Waals surface area contributed by atoms with Crippen molar-refractivity contribution in [2.45, 2.75) is 20.8 Å². The van der Waals surface area contributed by atoms with Crippen LogP contribution in [-0.2, 0) is 14.3 Å². The SMILES string of the molecule is CC[SH]=COCOC(=O)C(C)C. The molecular weight excluding hydrogens is 176 g/mol. The highest BCUT2D eigenvalue weighted by molar-refractivity contribution is 7.97. The third-order valence-corrected chi connectivity index (χ3v) is 1.74. The number of esters is 1. The number of ether oxygens (including phenoxy) is 2. The van der Waals surface area contributed by atoms with Gasteiger partial charge in [0, 0.05) is 0 Å². The molecule has 0 fully saturated rings. The van der Waals surface area contributed by atoms with Crippen molar-refractivity contribution in [1.29, 1.82) is 0 Å². The molecule has 12 heavy (non-hydrogen) atoms. The highest BCUT2D eigenvalue weighted by Gasteiger charge is 2.06. The first-order valence-electron chi connectivity index (χ1n) is 3.95. The van der Waals surface area contributed by atoms with Crippen LogP contribution in [-0.4, -0.2) is 24.1 Å². The van der Waals surface area contributed by atoms with E-state index in [1.54, 1.807) is 19.4 Å². The van der Waals surface area contributed by atoms with Crippen molar-refractivity contribution in [3.63, 3.8) is 0 Å². The van der Waals surface area contributed by atoms with Gasteiger partial charge in [0.2, 0.25) is 0 Å². The Kier molecular flexibility index (Phi) is 7.09. The largest absolute Gasteiger partial charge is 0.438 e. The van der Waals surface area contributed by atoms with E-state index in [2.05, 4.69) is 0 Å². The Balaban J connectivity index is 3.31. The lowest BCUT2D eigenvalue weighted by molar-refractivity contribution is -0.154. The number of rotatable bonds is 5. The van der Waals surface area contributed by atoms with E-state index in [4.69, 9.17) is 9.47 Å². The Bertz CT molecular complexity index is 154. The minimum atomic E-state index is -0.225.